The van der Waals surface area contributed by atoms with Crippen LogP contribution in [0.5, 0.6) is 0 Å². The predicted molar refractivity (Wildman–Crippen MR) is 171 cm³/mol. The smallest absolute Gasteiger partial charge is 0.253 e. The molecule has 2 N–H and O–H groups in total. The number of hydrogen-bond acceptors (Lipinski definition) is 6. The molecule has 1 aliphatic heterocycles. The van der Waals surface area contributed by atoms with E-state index in [1.54, 1.807) is 0 Å². The zero-order chi connectivity index (χ0) is 31.3. The molecule has 9 heteroatoms. The maximum atomic E-state index is 13.8. The summed E-state index contributed by atoms with van der Waals surface area (Å²) in [5.41, 5.74) is 7.61. The van der Waals surface area contributed by atoms with Gasteiger partial charge in [0, 0.05) is 61.8 Å². The number of hydroxylamine groups is 1. The zero-order valence-electron chi connectivity index (χ0n) is 26.4. The molecule has 2 heterocycles. The van der Waals surface area contributed by atoms with Crippen LogP contribution in [0.25, 0.3) is 11.1 Å². The SMILES string of the molecule is CCON(C(C)=O)c1cc(-c2cc(C(=O)NCc3c(C)cc(C)[nH]c3=O)c(C)c(N(CC)C3CCOCC3)c2)ccc1C. The van der Waals surface area contributed by atoms with Crippen molar-refractivity contribution < 1.29 is 19.2 Å². The average Bonchev–Trinajstić information content (AvgIpc) is 2.97. The largest absolute Gasteiger partial charge is 0.381 e. The molecule has 0 saturated carbocycles. The molecule has 1 fully saturated rings. The predicted octanol–water partition coefficient (Wildman–Crippen LogP) is 5.52. The van der Waals surface area contributed by atoms with Gasteiger partial charge in [0.2, 0.25) is 5.91 Å². The van der Waals surface area contributed by atoms with Crippen molar-refractivity contribution in [2.75, 3.05) is 36.3 Å². The van der Waals surface area contributed by atoms with Gasteiger partial charge >= 0.3 is 0 Å². The second-order valence-electron chi connectivity index (χ2n) is 11.2. The van der Waals surface area contributed by atoms with Crippen LogP contribution in [0.15, 0.2) is 41.2 Å². The minimum absolute atomic E-state index is 0.118. The first-order valence-electron chi connectivity index (χ1n) is 15.1. The minimum atomic E-state index is -0.255. The van der Waals surface area contributed by atoms with E-state index in [1.807, 2.05) is 65.0 Å². The third-order valence-electron chi connectivity index (χ3n) is 8.13. The molecular formula is C34H44N4O5. The van der Waals surface area contributed by atoms with Gasteiger partial charge in [0.1, 0.15) is 0 Å². The lowest BCUT2D eigenvalue weighted by molar-refractivity contribution is -0.123. The Morgan fingerprint density at radius 3 is 2.30 bits per heavy atom. The highest BCUT2D eigenvalue weighted by Gasteiger charge is 2.25. The van der Waals surface area contributed by atoms with Gasteiger partial charge in [-0.1, -0.05) is 12.1 Å². The maximum Gasteiger partial charge on any atom is 0.253 e. The van der Waals surface area contributed by atoms with E-state index in [0.717, 1.165) is 58.6 Å². The fourth-order valence-electron chi connectivity index (χ4n) is 5.85. The van der Waals surface area contributed by atoms with Crippen LogP contribution in [-0.4, -0.2) is 49.2 Å². The summed E-state index contributed by atoms with van der Waals surface area (Å²) in [5.74, 6) is -0.472. The molecule has 0 spiro atoms. The lowest BCUT2D eigenvalue weighted by Gasteiger charge is -2.37. The molecule has 43 heavy (non-hydrogen) atoms. The van der Waals surface area contributed by atoms with Crippen molar-refractivity contribution in [3.63, 3.8) is 0 Å². The highest BCUT2D eigenvalue weighted by Crippen LogP contribution is 2.36. The third kappa shape index (κ3) is 7.17. The van der Waals surface area contributed by atoms with Crippen LogP contribution < -0.4 is 20.8 Å². The van der Waals surface area contributed by atoms with E-state index in [-0.39, 0.29) is 30.0 Å². The highest BCUT2D eigenvalue weighted by molar-refractivity contribution is 5.99. The Kier molecular flexibility index (Phi) is 10.4. The van der Waals surface area contributed by atoms with E-state index in [9.17, 15) is 14.4 Å². The number of hydrogen-bond donors (Lipinski definition) is 2. The van der Waals surface area contributed by atoms with Crippen molar-refractivity contribution in [3.8, 4) is 11.1 Å². The number of carbonyl (C=O) groups excluding carboxylic acids is 2. The standard InChI is InChI=1S/C34H44N4O5/c1-8-37(28-12-14-42-15-13-28)32-19-27(26-11-10-21(3)31(18-26)38(25(7)39)43-9-2)17-29(24(32)6)33(40)35-20-30-22(4)16-23(5)36-34(30)41/h10-11,16-19,28H,8-9,12-15,20H2,1-7H3,(H,35,40)(H,36,41). The molecule has 3 aromatic rings. The Bertz CT molecular complexity index is 1540. The third-order valence-corrected chi connectivity index (χ3v) is 8.13. The molecular weight excluding hydrogens is 544 g/mol. The molecule has 4 rings (SSSR count). The Morgan fingerprint density at radius 1 is 0.977 bits per heavy atom. The quantitative estimate of drug-likeness (QED) is 0.303. The van der Waals surface area contributed by atoms with Gasteiger partial charge in [-0.3, -0.25) is 19.2 Å². The van der Waals surface area contributed by atoms with E-state index in [1.165, 1.54) is 12.0 Å². The summed E-state index contributed by atoms with van der Waals surface area (Å²) in [5, 5.41) is 4.32. The van der Waals surface area contributed by atoms with Gasteiger partial charge in [0.15, 0.2) is 0 Å². The van der Waals surface area contributed by atoms with Gasteiger partial charge < -0.3 is 19.9 Å². The summed E-state index contributed by atoms with van der Waals surface area (Å²) in [4.78, 5) is 49.7. The average molecular weight is 589 g/mol. The number of aryl methyl sites for hydroxylation is 3. The number of carbonyl (C=O) groups is 2. The van der Waals surface area contributed by atoms with E-state index >= 15 is 0 Å². The summed E-state index contributed by atoms with van der Waals surface area (Å²) in [6.45, 7) is 15.7. The van der Waals surface area contributed by atoms with Crippen molar-refractivity contribution in [2.45, 2.75) is 73.9 Å². The van der Waals surface area contributed by atoms with Gasteiger partial charge in [-0.25, -0.2) is 0 Å². The normalized spacial score (nSPS) is 13.6. The number of ether oxygens (including phenoxy) is 1. The fourth-order valence-corrected chi connectivity index (χ4v) is 5.85. The summed E-state index contributed by atoms with van der Waals surface area (Å²) in [6.07, 6.45) is 1.82. The number of nitrogens with zero attached hydrogens (tertiary/aromatic N) is 2. The van der Waals surface area contributed by atoms with E-state index < -0.39 is 0 Å². The van der Waals surface area contributed by atoms with Crippen molar-refractivity contribution in [2.24, 2.45) is 0 Å². The molecule has 0 radical (unpaired) electrons. The van der Waals surface area contributed by atoms with Crippen LogP contribution >= 0.6 is 0 Å². The summed E-state index contributed by atoms with van der Waals surface area (Å²) in [7, 11) is 0. The Hall–Kier alpha value is -3.95. The Morgan fingerprint density at radius 2 is 1.67 bits per heavy atom. The first-order chi connectivity index (χ1) is 20.5. The van der Waals surface area contributed by atoms with Crippen molar-refractivity contribution in [1.29, 1.82) is 0 Å². The van der Waals surface area contributed by atoms with E-state index in [4.69, 9.17) is 9.57 Å². The second kappa shape index (κ2) is 14.0. The van der Waals surface area contributed by atoms with Crippen LogP contribution in [0.4, 0.5) is 11.4 Å². The summed E-state index contributed by atoms with van der Waals surface area (Å²) in [6, 6.07) is 12.1. The molecule has 1 saturated heterocycles. The maximum absolute atomic E-state index is 13.8. The van der Waals surface area contributed by atoms with Crippen LogP contribution in [0.3, 0.4) is 0 Å². The molecule has 230 valence electrons. The first kappa shape index (κ1) is 32.0. The van der Waals surface area contributed by atoms with Crippen LogP contribution in [0.1, 0.15) is 71.9 Å². The molecule has 0 aliphatic carbocycles. The van der Waals surface area contributed by atoms with Gasteiger partial charge in [-0.2, -0.15) is 5.06 Å². The first-order valence-corrected chi connectivity index (χ1v) is 15.1. The van der Waals surface area contributed by atoms with Crippen molar-refractivity contribution >= 4 is 23.2 Å². The topological polar surface area (TPSA) is 104 Å². The number of nitrogens with one attached hydrogen (secondary N) is 2. The van der Waals surface area contributed by atoms with Crippen molar-refractivity contribution in [3.05, 3.63) is 80.3 Å². The summed E-state index contributed by atoms with van der Waals surface area (Å²) >= 11 is 0. The molecule has 1 aromatic heterocycles. The monoisotopic (exact) mass is 588 g/mol. The molecule has 2 amide bonds. The Labute approximate surface area is 254 Å². The number of aromatic amines is 1. The number of amides is 2. The fraction of sp³-hybridized carbons (Fsp3) is 0.441. The second-order valence-corrected chi connectivity index (χ2v) is 11.2. The van der Waals surface area contributed by atoms with Crippen LogP contribution in [0, 0.1) is 27.7 Å². The lowest BCUT2D eigenvalue weighted by atomic mass is 9.94. The minimum Gasteiger partial charge on any atom is -0.381 e. The number of aromatic nitrogens is 1. The lowest BCUT2D eigenvalue weighted by Crippen LogP contribution is -2.40. The van der Waals surface area contributed by atoms with Gasteiger partial charge in [0.05, 0.1) is 12.3 Å². The Balaban J connectivity index is 1.81. The van der Waals surface area contributed by atoms with Crippen molar-refractivity contribution in [1.82, 2.24) is 10.3 Å². The summed E-state index contributed by atoms with van der Waals surface area (Å²) < 4.78 is 5.64. The van der Waals surface area contributed by atoms with E-state index in [2.05, 4.69) is 28.2 Å². The molecule has 0 bridgehead atoms. The number of H-pyrrole nitrogens is 1. The number of rotatable bonds is 10. The number of pyridine rings is 1. The molecule has 0 atom stereocenters. The van der Waals surface area contributed by atoms with Gasteiger partial charge in [0.25, 0.3) is 11.5 Å². The van der Waals surface area contributed by atoms with Crippen LogP contribution in [-0.2, 0) is 20.9 Å². The molecule has 0 unspecified atom stereocenters. The molecule has 2 aromatic carbocycles. The molecule has 9 nitrogen and oxygen atoms in total. The number of benzene rings is 2. The zero-order valence-corrected chi connectivity index (χ0v) is 26.4. The van der Waals surface area contributed by atoms with Gasteiger partial charge in [-0.05, 0) is 106 Å². The molecule has 1 aliphatic rings. The number of anilines is 2. The van der Waals surface area contributed by atoms with Crippen LogP contribution in [0.2, 0.25) is 0 Å². The van der Waals surface area contributed by atoms with E-state index in [0.29, 0.717) is 36.6 Å². The van der Waals surface area contributed by atoms with Gasteiger partial charge in [-0.15, -0.1) is 0 Å². The highest BCUT2D eigenvalue weighted by atomic mass is 16.7.